The van der Waals surface area contributed by atoms with Gasteiger partial charge in [-0.15, -0.1) is 0 Å². The number of amides is 2. The highest BCUT2D eigenvalue weighted by Crippen LogP contribution is 2.36. The smallest absolute Gasteiger partial charge is 0.338 e. The molecule has 0 bridgehead atoms. The van der Waals surface area contributed by atoms with Crippen LogP contribution in [0.2, 0.25) is 0 Å². The van der Waals surface area contributed by atoms with Crippen LogP contribution in [0, 0.1) is 0 Å². The Bertz CT molecular complexity index is 1120. The number of esters is 1. The van der Waals surface area contributed by atoms with Crippen molar-refractivity contribution in [3.05, 3.63) is 54.1 Å². The lowest BCUT2D eigenvalue weighted by Gasteiger charge is -2.51. The molecule has 1 aliphatic heterocycles. The summed E-state index contributed by atoms with van der Waals surface area (Å²) in [6, 6.07) is 13.0. The van der Waals surface area contributed by atoms with Crippen molar-refractivity contribution in [1.82, 2.24) is 4.90 Å². The molecule has 2 aromatic rings. The van der Waals surface area contributed by atoms with Crippen LogP contribution in [0.25, 0.3) is 0 Å². The van der Waals surface area contributed by atoms with Crippen LogP contribution < -0.4 is 14.8 Å². The number of ether oxygens (including phenoxy) is 3. The van der Waals surface area contributed by atoms with E-state index < -0.39 is 23.7 Å². The van der Waals surface area contributed by atoms with Crippen molar-refractivity contribution < 1.29 is 33.4 Å². The molecule has 36 heavy (non-hydrogen) atoms. The Kier molecular flexibility index (Phi) is 8.02. The predicted octanol–water partition coefficient (Wildman–Crippen LogP) is 3.62. The maximum absolute atomic E-state index is 12.9. The van der Waals surface area contributed by atoms with Crippen LogP contribution in [0.5, 0.6) is 11.5 Å². The summed E-state index contributed by atoms with van der Waals surface area (Å²) >= 11 is 0. The van der Waals surface area contributed by atoms with Gasteiger partial charge in [-0.25, -0.2) is 4.79 Å². The first-order chi connectivity index (χ1) is 16.9. The summed E-state index contributed by atoms with van der Waals surface area (Å²) in [5.74, 6) is -0.245. The second-order valence-corrected chi connectivity index (χ2v) is 9.92. The van der Waals surface area contributed by atoms with E-state index in [2.05, 4.69) is 5.32 Å². The van der Waals surface area contributed by atoms with Gasteiger partial charge in [0.15, 0.2) is 13.2 Å². The van der Waals surface area contributed by atoms with Crippen LogP contribution in [0.1, 0.15) is 50.9 Å². The maximum atomic E-state index is 12.9. The third-order valence-electron chi connectivity index (χ3n) is 5.86. The molecule has 2 aromatic carbocycles. The minimum atomic E-state index is -0.666. The number of carbonyl (C=O) groups is 4. The minimum Gasteiger partial charge on any atom is -0.497 e. The van der Waals surface area contributed by atoms with Crippen LogP contribution in [0.3, 0.4) is 0 Å². The number of piperidine rings is 1. The van der Waals surface area contributed by atoms with Gasteiger partial charge in [-0.3, -0.25) is 14.4 Å². The highest BCUT2D eigenvalue weighted by Gasteiger charge is 2.47. The third kappa shape index (κ3) is 6.62. The van der Waals surface area contributed by atoms with Gasteiger partial charge < -0.3 is 24.4 Å². The molecule has 9 heteroatoms. The summed E-state index contributed by atoms with van der Waals surface area (Å²) in [7, 11) is 1.54. The van der Waals surface area contributed by atoms with Gasteiger partial charge in [-0.05, 0) is 64.1 Å². The number of rotatable bonds is 8. The topological polar surface area (TPSA) is 111 Å². The molecule has 192 valence electrons. The van der Waals surface area contributed by atoms with Gasteiger partial charge in [0.05, 0.1) is 12.7 Å². The number of nitrogens with zero attached hydrogens (tertiary/aromatic N) is 1. The van der Waals surface area contributed by atoms with Crippen LogP contribution in [0.4, 0.5) is 5.69 Å². The highest BCUT2D eigenvalue weighted by atomic mass is 16.5. The number of hydrogen-bond acceptors (Lipinski definition) is 7. The standard InChI is InChI=1S/C27H32N2O7/c1-26(2)14-20(30)15-27(3,4)29(26)24(32)17-36-25(33)18-9-11-21(12-10-18)35-16-23(31)28-19-7-6-8-22(13-19)34-5/h6-13H,14-17H2,1-5H3,(H,28,31). The molecule has 1 N–H and O–H groups in total. The van der Waals surface area contributed by atoms with E-state index in [-0.39, 0.29) is 42.6 Å². The quantitative estimate of drug-likeness (QED) is 0.556. The number of carbonyl (C=O) groups excluding carboxylic acids is 4. The summed E-state index contributed by atoms with van der Waals surface area (Å²) in [5, 5.41) is 2.71. The van der Waals surface area contributed by atoms with Gasteiger partial charge in [-0.2, -0.15) is 0 Å². The fraction of sp³-hybridized carbons (Fsp3) is 0.407. The Morgan fingerprint density at radius 3 is 2.17 bits per heavy atom. The van der Waals surface area contributed by atoms with Crippen molar-refractivity contribution in [2.24, 2.45) is 0 Å². The van der Waals surface area contributed by atoms with Gasteiger partial charge in [0.25, 0.3) is 11.8 Å². The zero-order valence-electron chi connectivity index (χ0n) is 21.3. The third-order valence-corrected chi connectivity index (χ3v) is 5.86. The van der Waals surface area contributed by atoms with E-state index in [1.807, 2.05) is 27.7 Å². The van der Waals surface area contributed by atoms with Gasteiger partial charge in [0, 0.05) is 35.7 Å². The van der Waals surface area contributed by atoms with Crippen LogP contribution in [0.15, 0.2) is 48.5 Å². The Morgan fingerprint density at radius 1 is 0.917 bits per heavy atom. The summed E-state index contributed by atoms with van der Waals surface area (Å²) in [4.78, 5) is 51.2. The van der Waals surface area contributed by atoms with Crippen molar-refractivity contribution in [3.63, 3.8) is 0 Å². The lowest BCUT2D eigenvalue weighted by Crippen LogP contribution is -2.63. The highest BCUT2D eigenvalue weighted by molar-refractivity contribution is 5.93. The lowest BCUT2D eigenvalue weighted by molar-refractivity contribution is -0.156. The molecular weight excluding hydrogens is 464 g/mol. The molecule has 1 heterocycles. The number of Topliss-reactive ketones (excluding diaryl/α,β-unsaturated/α-hetero) is 1. The fourth-order valence-corrected chi connectivity index (χ4v) is 4.69. The molecule has 0 spiro atoms. The number of benzene rings is 2. The molecule has 0 radical (unpaired) electrons. The van der Waals surface area contributed by atoms with Gasteiger partial charge in [-0.1, -0.05) is 6.07 Å². The van der Waals surface area contributed by atoms with Crippen molar-refractivity contribution >= 4 is 29.3 Å². The number of ketones is 1. The number of hydrogen-bond donors (Lipinski definition) is 1. The van der Waals surface area contributed by atoms with E-state index in [9.17, 15) is 19.2 Å². The molecule has 0 aromatic heterocycles. The summed E-state index contributed by atoms with van der Waals surface area (Å²) in [5.41, 5.74) is -0.512. The van der Waals surface area contributed by atoms with E-state index in [1.165, 1.54) is 12.1 Å². The van der Waals surface area contributed by atoms with E-state index in [0.717, 1.165) is 0 Å². The number of nitrogens with one attached hydrogen (secondary N) is 1. The Balaban J connectivity index is 1.51. The number of likely N-dealkylation sites (tertiary alicyclic amines) is 1. The number of methoxy groups -OCH3 is 1. The van der Waals surface area contributed by atoms with Crippen molar-refractivity contribution in [3.8, 4) is 11.5 Å². The molecule has 0 atom stereocenters. The second-order valence-electron chi connectivity index (χ2n) is 9.92. The fourth-order valence-electron chi connectivity index (χ4n) is 4.69. The second kappa shape index (κ2) is 10.8. The first-order valence-electron chi connectivity index (χ1n) is 11.6. The average Bonchev–Trinajstić information content (AvgIpc) is 2.79. The van der Waals surface area contributed by atoms with E-state index in [1.54, 1.807) is 48.4 Å². The first kappa shape index (κ1) is 26.7. The Labute approximate surface area is 210 Å². The van der Waals surface area contributed by atoms with Gasteiger partial charge in [0.1, 0.15) is 17.3 Å². The minimum absolute atomic E-state index is 0.103. The summed E-state index contributed by atoms with van der Waals surface area (Å²) in [6.45, 7) is 6.69. The molecule has 0 unspecified atom stereocenters. The molecule has 2 amide bonds. The van der Waals surface area contributed by atoms with Crippen molar-refractivity contribution in [2.75, 3.05) is 25.6 Å². The SMILES string of the molecule is COc1cccc(NC(=O)COc2ccc(C(=O)OCC(=O)N3C(C)(C)CC(=O)CC3(C)C)cc2)c1. The molecule has 0 aliphatic carbocycles. The maximum Gasteiger partial charge on any atom is 0.338 e. The van der Waals surface area contributed by atoms with Gasteiger partial charge in [0.2, 0.25) is 0 Å². The molecule has 0 saturated carbocycles. The number of anilines is 1. The van der Waals surface area contributed by atoms with Gasteiger partial charge >= 0.3 is 5.97 Å². The molecule has 1 fully saturated rings. The monoisotopic (exact) mass is 496 g/mol. The van der Waals surface area contributed by atoms with Crippen LogP contribution >= 0.6 is 0 Å². The Morgan fingerprint density at radius 2 is 1.56 bits per heavy atom. The zero-order valence-corrected chi connectivity index (χ0v) is 21.3. The van der Waals surface area contributed by atoms with Crippen molar-refractivity contribution in [1.29, 1.82) is 0 Å². The molecular formula is C27H32N2O7. The van der Waals surface area contributed by atoms with Crippen LogP contribution in [-0.4, -0.2) is 59.9 Å². The predicted molar refractivity (Wildman–Crippen MR) is 133 cm³/mol. The average molecular weight is 497 g/mol. The van der Waals surface area contributed by atoms with E-state index >= 15 is 0 Å². The normalized spacial score (nSPS) is 16.1. The summed E-state index contributed by atoms with van der Waals surface area (Å²) < 4.78 is 15.9. The Hall–Kier alpha value is -3.88. The molecule has 1 aliphatic rings. The lowest BCUT2D eigenvalue weighted by atomic mass is 9.79. The van der Waals surface area contributed by atoms with Crippen molar-refractivity contribution in [2.45, 2.75) is 51.6 Å². The summed E-state index contributed by atoms with van der Waals surface area (Å²) in [6.07, 6.45) is 0.518. The first-order valence-corrected chi connectivity index (χ1v) is 11.6. The molecule has 9 nitrogen and oxygen atoms in total. The molecule has 3 rings (SSSR count). The molecule has 1 saturated heterocycles. The van der Waals surface area contributed by atoms with E-state index in [4.69, 9.17) is 14.2 Å². The zero-order chi connectivity index (χ0) is 26.5. The largest absolute Gasteiger partial charge is 0.497 e. The van der Waals surface area contributed by atoms with Crippen LogP contribution in [-0.2, 0) is 19.1 Å². The van der Waals surface area contributed by atoms with E-state index in [0.29, 0.717) is 17.2 Å².